The van der Waals surface area contributed by atoms with Crippen LogP contribution in [0.2, 0.25) is 0 Å². The van der Waals surface area contributed by atoms with Gasteiger partial charge in [0.15, 0.2) is 0 Å². The quantitative estimate of drug-likeness (QED) is 0.693. The maximum Gasteiger partial charge on any atom is 0.150 e. The first-order chi connectivity index (χ1) is 6.94. The average Bonchev–Trinajstić information content (AvgIpc) is 2.14. The first-order valence-electron chi connectivity index (χ1n) is 5.16. The predicted octanol–water partition coefficient (Wildman–Crippen LogP) is 3.62. The van der Waals surface area contributed by atoms with Crippen LogP contribution in [0.3, 0.4) is 0 Å². The summed E-state index contributed by atoms with van der Waals surface area (Å²) < 4.78 is 13.5. The van der Waals surface area contributed by atoms with E-state index in [1.54, 1.807) is 12.1 Å². The van der Waals surface area contributed by atoms with Gasteiger partial charge in [0.2, 0.25) is 0 Å². The minimum Gasteiger partial charge on any atom is -0.298 e. The van der Waals surface area contributed by atoms with Crippen LogP contribution in [-0.4, -0.2) is 6.29 Å². The van der Waals surface area contributed by atoms with E-state index in [1.165, 1.54) is 6.07 Å². The molecule has 0 fully saturated rings. The Morgan fingerprint density at radius 1 is 1.33 bits per heavy atom. The molecular formula is C13H17FO. The van der Waals surface area contributed by atoms with Gasteiger partial charge < -0.3 is 0 Å². The van der Waals surface area contributed by atoms with Crippen molar-refractivity contribution >= 4 is 6.29 Å². The van der Waals surface area contributed by atoms with E-state index in [4.69, 9.17) is 0 Å². The van der Waals surface area contributed by atoms with E-state index in [0.29, 0.717) is 17.5 Å². The highest BCUT2D eigenvalue weighted by Crippen LogP contribution is 2.23. The molecule has 0 bridgehead atoms. The van der Waals surface area contributed by atoms with Gasteiger partial charge in [-0.15, -0.1) is 0 Å². The van der Waals surface area contributed by atoms with Crippen molar-refractivity contribution in [3.05, 3.63) is 35.1 Å². The summed E-state index contributed by atoms with van der Waals surface area (Å²) in [7, 11) is 0. The van der Waals surface area contributed by atoms with E-state index in [0.717, 1.165) is 12.7 Å². The molecule has 2 heteroatoms. The molecule has 0 spiro atoms. The molecule has 0 amide bonds. The minimum atomic E-state index is -0.274. The third-order valence-corrected chi connectivity index (χ3v) is 2.41. The maximum atomic E-state index is 13.5. The van der Waals surface area contributed by atoms with Crippen molar-refractivity contribution in [3.63, 3.8) is 0 Å². The molecule has 0 N–H and O–H groups in total. The molecule has 0 aliphatic carbocycles. The van der Waals surface area contributed by atoms with Crippen LogP contribution in [0.1, 0.15) is 43.1 Å². The first-order valence-corrected chi connectivity index (χ1v) is 5.16. The number of rotatable bonds is 3. The fraction of sp³-hybridized carbons (Fsp3) is 0.462. The van der Waals surface area contributed by atoms with Gasteiger partial charge >= 0.3 is 0 Å². The SMILES string of the molecule is CC(C)(C)CCc1c(F)cccc1C=O. The van der Waals surface area contributed by atoms with E-state index in [1.807, 2.05) is 0 Å². The van der Waals surface area contributed by atoms with Gasteiger partial charge in [0.1, 0.15) is 12.1 Å². The van der Waals surface area contributed by atoms with Gasteiger partial charge in [-0.25, -0.2) is 4.39 Å². The van der Waals surface area contributed by atoms with Gasteiger partial charge in [-0.05, 0) is 29.9 Å². The molecule has 0 heterocycles. The molecule has 0 aliphatic rings. The third-order valence-electron chi connectivity index (χ3n) is 2.41. The standard InChI is InChI=1S/C13H17FO/c1-13(2,3)8-7-11-10(9-15)5-4-6-12(11)14/h4-6,9H,7-8H2,1-3H3. The molecule has 1 aromatic rings. The second-order valence-corrected chi connectivity index (χ2v) is 4.99. The number of carbonyl (C=O) groups is 1. The number of benzene rings is 1. The molecule has 0 saturated heterocycles. The van der Waals surface area contributed by atoms with Crippen molar-refractivity contribution in [1.82, 2.24) is 0 Å². The highest BCUT2D eigenvalue weighted by molar-refractivity contribution is 5.77. The van der Waals surface area contributed by atoms with Crippen LogP contribution in [0.25, 0.3) is 0 Å². The lowest BCUT2D eigenvalue weighted by atomic mass is 9.87. The molecule has 0 atom stereocenters. The zero-order chi connectivity index (χ0) is 11.5. The van der Waals surface area contributed by atoms with Gasteiger partial charge in [0.25, 0.3) is 0 Å². The monoisotopic (exact) mass is 208 g/mol. The Labute approximate surface area is 90.3 Å². The van der Waals surface area contributed by atoms with Gasteiger partial charge in [-0.3, -0.25) is 4.79 Å². The molecule has 0 radical (unpaired) electrons. The fourth-order valence-electron chi connectivity index (χ4n) is 1.45. The van der Waals surface area contributed by atoms with Crippen LogP contribution >= 0.6 is 0 Å². The van der Waals surface area contributed by atoms with Gasteiger partial charge in [-0.1, -0.05) is 32.9 Å². The van der Waals surface area contributed by atoms with E-state index < -0.39 is 0 Å². The van der Waals surface area contributed by atoms with Crippen LogP contribution in [0.5, 0.6) is 0 Å². The highest BCUT2D eigenvalue weighted by atomic mass is 19.1. The van der Waals surface area contributed by atoms with Crippen molar-refractivity contribution in [2.45, 2.75) is 33.6 Å². The first kappa shape index (κ1) is 11.9. The largest absolute Gasteiger partial charge is 0.298 e. The fourth-order valence-corrected chi connectivity index (χ4v) is 1.45. The van der Waals surface area contributed by atoms with Crippen LogP contribution in [-0.2, 0) is 6.42 Å². The highest BCUT2D eigenvalue weighted by Gasteiger charge is 2.14. The molecule has 82 valence electrons. The summed E-state index contributed by atoms with van der Waals surface area (Å²) in [4.78, 5) is 10.7. The number of hydrogen-bond donors (Lipinski definition) is 0. The molecule has 0 unspecified atom stereocenters. The zero-order valence-electron chi connectivity index (χ0n) is 9.51. The van der Waals surface area contributed by atoms with Crippen molar-refractivity contribution < 1.29 is 9.18 Å². The Kier molecular flexibility index (Phi) is 3.61. The molecule has 0 aromatic heterocycles. The third kappa shape index (κ3) is 3.46. The maximum absolute atomic E-state index is 13.5. The van der Waals surface area contributed by atoms with Crippen molar-refractivity contribution in [3.8, 4) is 0 Å². The Bertz CT molecular complexity index is 350. The van der Waals surface area contributed by atoms with Gasteiger partial charge in [0.05, 0.1) is 0 Å². The number of carbonyl (C=O) groups excluding carboxylic acids is 1. The number of aldehydes is 1. The lowest BCUT2D eigenvalue weighted by molar-refractivity contribution is 0.112. The number of halogens is 1. The lowest BCUT2D eigenvalue weighted by Gasteiger charge is -2.18. The summed E-state index contributed by atoms with van der Waals surface area (Å²) in [5.41, 5.74) is 1.17. The van der Waals surface area contributed by atoms with E-state index in [2.05, 4.69) is 20.8 Å². The van der Waals surface area contributed by atoms with Crippen LogP contribution in [0, 0.1) is 11.2 Å². The smallest absolute Gasteiger partial charge is 0.150 e. The molecule has 1 nitrogen and oxygen atoms in total. The average molecular weight is 208 g/mol. The minimum absolute atomic E-state index is 0.155. The van der Waals surface area contributed by atoms with Gasteiger partial charge in [0, 0.05) is 5.56 Å². The molecule has 1 rings (SSSR count). The topological polar surface area (TPSA) is 17.1 Å². The summed E-state index contributed by atoms with van der Waals surface area (Å²) in [6, 6.07) is 4.64. The van der Waals surface area contributed by atoms with Crippen LogP contribution in [0.15, 0.2) is 18.2 Å². The Morgan fingerprint density at radius 2 is 2.00 bits per heavy atom. The Morgan fingerprint density at radius 3 is 2.53 bits per heavy atom. The van der Waals surface area contributed by atoms with E-state index >= 15 is 0 Å². The molecule has 15 heavy (non-hydrogen) atoms. The Balaban J connectivity index is 2.88. The van der Waals surface area contributed by atoms with E-state index in [-0.39, 0.29) is 11.2 Å². The summed E-state index contributed by atoms with van der Waals surface area (Å²) in [5.74, 6) is -0.274. The normalized spacial score (nSPS) is 11.5. The lowest BCUT2D eigenvalue weighted by Crippen LogP contribution is -2.08. The van der Waals surface area contributed by atoms with E-state index in [9.17, 15) is 9.18 Å². The zero-order valence-corrected chi connectivity index (χ0v) is 9.51. The molecular weight excluding hydrogens is 191 g/mol. The second kappa shape index (κ2) is 4.56. The number of hydrogen-bond acceptors (Lipinski definition) is 1. The summed E-state index contributed by atoms with van der Waals surface area (Å²) in [6.07, 6.45) is 2.21. The van der Waals surface area contributed by atoms with Crippen molar-refractivity contribution in [1.29, 1.82) is 0 Å². The summed E-state index contributed by atoms with van der Waals surface area (Å²) >= 11 is 0. The van der Waals surface area contributed by atoms with Crippen molar-refractivity contribution in [2.24, 2.45) is 5.41 Å². The molecule has 0 aliphatic heterocycles. The molecule has 1 aromatic carbocycles. The predicted molar refractivity (Wildman–Crippen MR) is 59.6 cm³/mol. The molecule has 0 saturated carbocycles. The van der Waals surface area contributed by atoms with Crippen LogP contribution < -0.4 is 0 Å². The summed E-state index contributed by atoms with van der Waals surface area (Å²) in [5, 5.41) is 0. The van der Waals surface area contributed by atoms with Gasteiger partial charge in [-0.2, -0.15) is 0 Å². The van der Waals surface area contributed by atoms with Crippen LogP contribution in [0.4, 0.5) is 4.39 Å². The van der Waals surface area contributed by atoms with Crippen molar-refractivity contribution in [2.75, 3.05) is 0 Å². The second-order valence-electron chi connectivity index (χ2n) is 4.99. The Hall–Kier alpha value is -1.18. The summed E-state index contributed by atoms with van der Waals surface area (Å²) in [6.45, 7) is 6.32.